The molecule has 3 aromatic heterocycles. The van der Waals surface area contributed by atoms with Crippen LogP contribution in [0.3, 0.4) is 0 Å². The predicted octanol–water partition coefficient (Wildman–Crippen LogP) is 2.46. The maximum atomic E-state index is 12.0. The number of hydrogen-bond acceptors (Lipinski definition) is 3. The van der Waals surface area contributed by atoms with Crippen LogP contribution >= 0.6 is 11.3 Å². The molecule has 0 saturated carbocycles. The van der Waals surface area contributed by atoms with Gasteiger partial charge in [0.2, 0.25) is 0 Å². The molecule has 3 heterocycles. The molecule has 3 aromatic rings. The minimum atomic E-state index is 0.0360. The Balaban J connectivity index is 2.72. The number of thiophene rings is 1. The number of pyridine rings is 2. The third-order valence-corrected chi connectivity index (χ3v) is 3.68. The summed E-state index contributed by atoms with van der Waals surface area (Å²) in [7, 11) is 1.77. The summed E-state index contributed by atoms with van der Waals surface area (Å²) in [5.41, 5.74) is 1.90. The number of hydrogen-bond donors (Lipinski definition) is 0. The number of aryl methyl sites for hydroxylation is 2. The maximum Gasteiger partial charge on any atom is 0.269 e. The first kappa shape index (κ1) is 9.54. The lowest BCUT2D eigenvalue weighted by Crippen LogP contribution is -2.16. The molecule has 0 fully saturated rings. The molecular formula is C12H10N2OS. The van der Waals surface area contributed by atoms with Crippen molar-refractivity contribution in [3.63, 3.8) is 0 Å². The van der Waals surface area contributed by atoms with Crippen molar-refractivity contribution in [3.8, 4) is 0 Å². The molecule has 0 aliphatic heterocycles. The zero-order valence-corrected chi connectivity index (χ0v) is 9.84. The number of rotatable bonds is 0. The lowest BCUT2D eigenvalue weighted by Gasteiger charge is -2.05. The van der Waals surface area contributed by atoms with Crippen molar-refractivity contribution < 1.29 is 0 Å². The minimum Gasteiger partial charge on any atom is -0.295 e. The van der Waals surface area contributed by atoms with Gasteiger partial charge in [0.25, 0.3) is 5.56 Å². The van der Waals surface area contributed by atoms with Crippen molar-refractivity contribution in [2.45, 2.75) is 6.92 Å². The Morgan fingerprint density at radius 1 is 1.38 bits per heavy atom. The van der Waals surface area contributed by atoms with Gasteiger partial charge in [0, 0.05) is 24.0 Å². The van der Waals surface area contributed by atoms with E-state index in [1.54, 1.807) is 17.8 Å². The van der Waals surface area contributed by atoms with Crippen molar-refractivity contribution >= 4 is 32.5 Å². The van der Waals surface area contributed by atoms with E-state index >= 15 is 0 Å². The summed E-state index contributed by atoms with van der Waals surface area (Å²) >= 11 is 1.49. The quantitative estimate of drug-likeness (QED) is 0.594. The van der Waals surface area contributed by atoms with Gasteiger partial charge in [-0.25, -0.2) is 4.98 Å². The lowest BCUT2D eigenvalue weighted by molar-refractivity contribution is 0.900. The van der Waals surface area contributed by atoms with Crippen LogP contribution < -0.4 is 5.56 Å². The fraction of sp³-hybridized carbons (Fsp3) is 0.167. The second kappa shape index (κ2) is 3.15. The van der Waals surface area contributed by atoms with E-state index in [1.807, 2.05) is 18.4 Å². The molecule has 80 valence electrons. The van der Waals surface area contributed by atoms with Crippen LogP contribution in [-0.4, -0.2) is 9.55 Å². The van der Waals surface area contributed by atoms with E-state index < -0.39 is 0 Å². The Morgan fingerprint density at radius 3 is 3.00 bits per heavy atom. The van der Waals surface area contributed by atoms with Gasteiger partial charge in [-0.3, -0.25) is 9.36 Å². The first-order valence-electron chi connectivity index (χ1n) is 5.01. The Kier molecular flexibility index (Phi) is 1.88. The van der Waals surface area contributed by atoms with Crippen molar-refractivity contribution in [2.24, 2.45) is 7.05 Å². The number of fused-ring (bicyclic) bond motifs is 3. The van der Waals surface area contributed by atoms with Gasteiger partial charge in [0.1, 0.15) is 10.3 Å². The van der Waals surface area contributed by atoms with Crippen LogP contribution in [0, 0.1) is 6.92 Å². The Hall–Kier alpha value is -1.68. The molecule has 3 nitrogen and oxygen atoms in total. The van der Waals surface area contributed by atoms with Crippen LogP contribution in [0.5, 0.6) is 0 Å². The Morgan fingerprint density at radius 2 is 2.19 bits per heavy atom. The van der Waals surface area contributed by atoms with E-state index in [0.29, 0.717) is 0 Å². The standard InChI is InChI=1S/C12H10N2OS/c1-7-5-9-8-3-4-16-10(8)12(15)14(2)11(9)13-6-7/h3-6H,1-2H3. The van der Waals surface area contributed by atoms with E-state index in [0.717, 1.165) is 26.7 Å². The molecule has 0 atom stereocenters. The van der Waals surface area contributed by atoms with Crippen LogP contribution in [0.4, 0.5) is 0 Å². The van der Waals surface area contributed by atoms with Gasteiger partial charge in [-0.1, -0.05) is 0 Å². The number of aromatic nitrogens is 2. The normalized spacial score (nSPS) is 11.4. The summed E-state index contributed by atoms with van der Waals surface area (Å²) in [5.74, 6) is 0. The van der Waals surface area contributed by atoms with Crippen molar-refractivity contribution in [1.82, 2.24) is 9.55 Å². The summed E-state index contributed by atoms with van der Waals surface area (Å²) in [5, 5.41) is 4.02. The molecule has 0 spiro atoms. The van der Waals surface area contributed by atoms with Crippen LogP contribution in [0.25, 0.3) is 21.1 Å². The van der Waals surface area contributed by atoms with E-state index in [-0.39, 0.29) is 5.56 Å². The fourth-order valence-electron chi connectivity index (χ4n) is 1.96. The van der Waals surface area contributed by atoms with Gasteiger partial charge in [-0.15, -0.1) is 11.3 Å². The summed E-state index contributed by atoms with van der Waals surface area (Å²) in [4.78, 5) is 16.4. The third kappa shape index (κ3) is 1.13. The summed E-state index contributed by atoms with van der Waals surface area (Å²) in [6, 6.07) is 4.07. The molecule has 16 heavy (non-hydrogen) atoms. The van der Waals surface area contributed by atoms with E-state index in [1.165, 1.54) is 11.3 Å². The highest BCUT2D eigenvalue weighted by Crippen LogP contribution is 2.25. The fourth-order valence-corrected chi connectivity index (χ4v) is 2.85. The molecule has 0 aliphatic carbocycles. The topological polar surface area (TPSA) is 34.9 Å². The second-order valence-electron chi connectivity index (χ2n) is 3.91. The molecule has 0 radical (unpaired) electrons. The molecule has 0 amide bonds. The third-order valence-electron chi connectivity index (χ3n) is 2.78. The second-order valence-corrected chi connectivity index (χ2v) is 4.83. The zero-order chi connectivity index (χ0) is 11.3. The van der Waals surface area contributed by atoms with Crippen LogP contribution in [0.2, 0.25) is 0 Å². The SMILES string of the molecule is Cc1cnc2c(c1)c1ccsc1c(=O)n2C. The van der Waals surface area contributed by atoms with Gasteiger partial charge in [0.15, 0.2) is 0 Å². The molecule has 0 bridgehead atoms. The van der Waals surface area contributed by atoms with E-state index in [2.05, 4.69) is 11.1 Å². The molecular weight excluding hydrogens is 220 g/mol. The van der Waals surface area contributed by atoms with Gasteiger partial charge in [-0.05, 0) is 30.0 Å². The van der Waals surface area contributed by atoms with Gasteiger partial charge < -0.3 is 0 Å². The summed E-state index contributed by atoms with van der Waals surface area (Å²) < 4.78 is 2.43. The average Bonchev–Trinajstić information content (AvgIpc) is 2.75. The Bertz CT molecular complexity index is 755. The maximum absolute atomic E-state index is 12.0. The molecule has 0 aromatic carbocycles. The molecule has 0 aliphatic rings. The highest BCUT2D eigenvalue weighted by atomic mass is 32.1. The monoisotopic (exact) mass is 230 g/mol. The highest BCUT2D eigenvalue weighted by molar-refractivity contribution is 7.17. The minimum absolute atomic E-state index is 0.0360. The van der Waals surface area contributed by atoms with Gasteiger partial charge in [0.05, 0.1) is 0 Å². The van der Waals surface area contributed by atoms with Crippen molar-refractivity contribution in [1.29, 1.82) is 0 Å². The smallest absolute Gasteiger partial charge is 0.269 e. The first-order valence-corrected chi connectivity index (χ1v) is 5.89. The van der Waals surface area contributed by atoms with Crippen molar-refractivity contribution in [3.05, 3.63) is 39.6 Å². The molecule has 3 rings (SSSR count). The summed E-state index contributed by atoms with van der Waals surface area (Å²) in [6.45, 7) is 2.01. The first-order chi connectivity index (χ1) is 7.68. The molecule has 0 saturated heterocycles. The molecule has 0 N–H and O–H groups in total. The average molecular weight is 230 g/mol. The largest absolute Gasteiger partial charge is 0.295 e. The van der Waals surface area contributed by atoms with Crippen molar-refractivity contribution in [2.75, 3.05) is 0 Å². The van der Waals surface area contributed by atoms with Gasteiger partial charge >= 0.3 is 0 Å². The molecule has 0 unspecified atom stereocenters. The lowest BCUT2D eigenvalue weighted by atomic mass is 10.1. The molecule has 4 heteroatoms. The van der Waals surface area contributed by atoms with Crippen LogP contribution in [-0.2, 0) is 7.05 Å². The van der Waals surface area contributed by atoms with E-state index in [4.69, 9.17) is 0 Å². The predicted molar refractivity (Wildman–Crippen MR) is 67.1 cm³/mol. The van der Waals surface area contributed by atoms with Crippen LogP contribution in [0.1, 0.15) is 5.56 Å². The highest BCUT2D eigenvalue weighted by Gasteiger charge is 2.10. The Labute approximate surface area is 96.0 Å². The van der Waals surface area contributed by atoms with Gasteiger partial charge in [-0.2, -0.15) is 0 Å². The van der Waals surface area contributed by atoms with E-state index in [9.17, 15) is 4.79 Å². The number of nitrogens with zero attached hydrogens (tertiary/aromatic N) is 2. The van der Waals surface area contributed by atoms with Crippen LogP contribution in [0.15, 0.2) is 28.5 Å². The summed E-state index contributed by atoms with van der Waals surface area (Å²) in [6.07, 6.45) is 1.79. The zero-order valence-electron chi connectivity index (χ0n) is 9.02.